The molecule has 1 N–H and O–H groups in total. The van der Waals surface area contributed by atoms with Crippen molar-refractivity contribution in [3.63, 3.8) is 0 Å². The maximum absolute atomic E-state index is 15.0. The minimum absolute atomic E-state index is 0.101. The first kappa shape index (κ1) is 27.0. The number of halogens is 8. The summed E-state index contributed by atoms with van der Waals surface area (Å²) in [4.78, 5) is 19.8. The van der Waals surface area contributed by atoms with Gasteiger partial charge in [0, 0.05) is 18.0 Å². The van der Waals surface area contributed by atoms with Gasteiger partial charge in [0.25, 0.3) is 5.91 Å². The molecule has 1 aromatic carbocycles. The van der Waals surface area contributed by atoms with Crippen LogP contribution in [0.1, 0.15) is 21.6 Å². The quantitative estimate of drug-likeness (QED) is 0.258. The van der Waals surface area contributed by atoms with Crippen LogP contribution in [0.3, 0.4) is 0 Å². The van der Waals surface area contributed by atoms with E-state index < -0.39 is 47.0 Å². The van der Waals surface area contributed by atoms with Gasteiger partial charge in [-0.1, -0.05) is 0 Å². The van der Waals surface area contributed by atoms with E-state index in [-0.39, 0.29) is 21.8 Å². The summed E-state index contributed by atoms with van der Waals surface area (Å²) in [7, 11) is 1.06. The summed E-state index contributed by atoms with van der Waals surface area (Å²) in [6.07, 6.45) is -8.47. The fraction of sp³-hybridized carbons (Fsp3) is 0.190. The number of aromatic nitrogens is 2. The average Bonchev–Trinajstić information content (AvgIpc) is 2.75. The lowest BCUT2D eigenvalue weighted by atomic mass is 10.1. The maximum Gasteiger partial charge on any atom is 0.573 e. The zero-order valence-corrected chi connectivity index (χ0v) is 19.6. The van der Waals surface area contributed by atoms with Crippen molar-refractivity contribution in [3.05, 3.63) is 63.9 Å². The molecule has 0 radical (unpaired) electrons. The van der Waals surface area contributed by atoms with Crippen LogP contribution in [0.4, 0.5) is 36.4 Å². The van der Waals surface area contributed by atoms with Gasteiger partial charge in [-0.25, -0.2) is 14.4 Å². The summed E-state index contributed by atoms with van der Waals surface area (Å²) in [6.45, 7) is 1.53. The summed E-state index contributed by atoms with van der Waals surface area (Å²) in [6, 6.07) is 3.84. The van der Waals surface area contributed by atoms with Crippen molar-refractivity contribution in [1.29, 1.82) is 0 Å². The average molecular weight is 584 g/mol. The molecule has 0 bridgehead atoms. The molecular weight excluding hydrogens is 571 g/mol. The smallest absolute Gasteiger partial charge is 0.493 e. The predicted molar refractivity (Wildman–Crippen MR) is 114 cm³/mol. The van der Waals surface area contributed by atoms with E-state index in [0.29, 0.717) is 11.8 Å². The highest BCUT2D eigenvalue weighted by Crippen LogP contribution is 2.40. The number of carbonyl (C=O) groups is 1. The number of nitrogens with zero attached hydrogens (tertiary/aromatic N) is 2. The van der Waals surface area contributed by atoms with E-state index >= 15 is 0 Å². The van der Waals surface area contributed by atoms with Crippen LogP contribution < -0.4 is 19.5 Å². The molecule has 36 heavy (non-hydrogen) atoms. The number of benzene rings is 1. The van der Waals surface area contributed by atoms with Gasteiger partial charge < -0.3 is 19.5 Å². The van der Waals surface area contributed by atoms with Crippen molar-refractivity contribution in [2.24, 2.45) is 0 Å². The number of alkyl halides is 6. The number of ether oxygens (including phenoxy) is 3. The normalized spacial score (nSPS) is 11.7. The highest BCUT2D eigenvalue weighted by molar-refractivity contribution is 9.10. The number of nitrogens with one attached hydrogen (secondary N) is 1. The number of carbonyl (C=O) groups excluding carboxylic acids is 1. The van der Waals surface area contributed by atoms with Crippen molar-refractivity contribution in [2.45, 2.75) is 19.5 Å². The minimum Gasteiger partial charge on any atom is -0.493 e. The molecule has 2 heterocycles. The zero-order chi connectivity index (χ0) is 26.8. The van der Waals surface area contributed by atoms with Crippen molar-refractivity contribution < 1.29 is 49.7 Å². The van der Waals surface area contributed by atoms with Crippen LogP contribution in [0.5, 0.6) is 23.0 Å². The summed E-state index contributed by atoms with van der Waals surface area (Å²) in [5, 5.41) is 2.28. The standard InChI is InChI=1S/C21H13BrF7N3O4/c1-9-7-30-15(22)6-11(9)32-19(33)16-14(8-31-18(17(16)23)20(24,25)26)35-12-4-3-10(5-13(12)34-2)36-21(27,28)29/h3-8H,1-2H3,(H,30,32,33). The Hall–Kier alpha value is -3.62. The number of amides is 1. The van der Waals surface area contributed by atoms with E-state index in [1.54, 1.807) is 0 Å². The molecule has 0 atom stereocenters. The van der Waals surface area contributed by atoms with Gasteiger partial charge in [0.15, 0.2) is 28.8 Å². The molecule has 192 valence electrons. The molecule has 0 fully saturated rings. The third-order valence-corrected chi connectivity index (χ3v) is 4.82. The highest BCUT2D eigenvalue weighted by Gasteiger charge is 2.39. The fourth-order valence-electron chi connectivity index (χ4n) is 2.82. The van der Waals surface area contributed by atoms with Gasteiger partial charge in [0.1, 0.15) is 15.9 Å². The second kappa shape index (κ2) is 10.2. The summed E-state index contributed by atoms with van der Waals surface area (Å²) < 4.78 is 107. The number of hydrogen-bond donors (Lipinski definition) is 1. The van der Waals surface area contributed by atoms with Gasteiger partial charge in [0.2, 0.25) is 0 Å². The van der Waals surface area contributed by atoms with Crippen LogP contribution in [-0.4, -0.2) is 29.3 Å². The molecule has 0 unspecified atom stereocenters. The molecule has 0 aliphatic rings. The van der Waals surface area contributed by atoms with E-state index in [9.17, 15) is 35.5 Å². The van der Waals surface area contributed by atoms with Crippen molar-refractivity contribution in [2.75, 3.05) is 12.4 Å². The lowest BCUT2D eigenvalue weighted by Crippen LogP contribution is -2.20. The first-order valence-electron chi connectivity index (χ1n) is 9.50. The topological polar surface area (TPSA) is 82.6 Å². The van der Waals surface area contributed by atoms with Gasteiger partial charge in [-0.2, -0.15) is 13.2 Å². The molecule has 7 nitrogen and oxygen atoms in total. The fourth-order valence-corrected chi connectivity index (χ4v) is 3.15. The zero-order valence-electron chi connectivity index (χ0n) is 18.0. The lowest BCUT2D eigenvalue weighted by molar-refractivity contribution is -0.274. The molecule has 3 rings (SSSR count). The SMILES string of the molecule is COc1cc(OC(F)(F)F)ccc1Oc1cnc(C(F)(F)F)c(F)c1C(=O)Nc1cc(Br)ncc1C. The molecule has 0 saturated heterocycles. The largest absolute Gasteiger partial charge is 0.573 e. The van der Waals surface area contributed by atoms with Crippen molar-refractivity contribution in [3.8, 4) is 23.0 Å². The Balaban J connectivity index is 2.07. The lowest BCUT2D eigenvalue weighted by Gasteiger charge is -2.17. The summed E-state index contributed by atoms with van der Waals surface area (Å²) >= 11 is 3.08. The summed E-state index contributed by atoms with van der Waals surface area (Å²) in [5.41, 5.74) is -2.64. The Morgan fingerprint density at radius 1 is 1.00 bits per heavy atom. The third-order valence-electron chi connectivity index (χ3n) is 4.39. The monoisotopic (exact) mass is 583 g/mol. The first-order valence-corrected chi connectivity index (χ1v) is 10.3. The minimum atomic E-state index is -5.25. The van der Waals surface area contributed by atoms with Crippen LogP contribution in [-0.2, 0) is 6.18 Å². The predicted octanol–water partition coefficient (Wildman–Crippen LogP) is 6.66. The molecule has 15 heteroatoms. The van der Waals surface area contributed by atoms with E-state index in [0.717, 1.165) is 25.3 Å². The Morgan fingerprint density at radius 3 is 2.31 bits per heavy atom. The second-order valence-corrected chi connectivity index (χ2v) is 7.71. The maximum atomic E-state index is 15.0. The Labute approximate surface area is 206 Å². The number of aryl methyl sites for hydroxylation is 1. The second-order valence-electron chi connectivity index (χ2n) is 6.90. The number of pyridine rings is 2. The first-order chi connectivity index (χ1) is 16.7. The number of methoxy groups -OCH3 is 1. The summed E-state index contributed by atoms with van der Waals surface area (Å²) in [5.74, 6) is -5.55. The number of hydrogen-bond acceptors (Lipinski definition) is 6. The van der Waals surface area contributed by atoms with E-state index in [2.05, 4.69) is 36.0 Å². The van der Waals surface area contributed by atoms with Gasteiger partial charge in [0.05, 0.1) is 13.3 Å². The van der Waals surface area contributed by atoms with Crippen LogP contribution in [0.2, 0.25) is 0 Å². The van der Waals surface area contributed by atoms with Gasteiger partial charge in [-0.3, -0.25) is 4.79 Å². The molecular formula is C21H13BrF7N3O4. The van der Waals surface area contributed by atoms with Crippen LogP contribution in [0.25, 0.3) is 0 Å². The Morgan fingerprint density at radius 2 is 1.69 bits per heavy atom. The van der Waals surface area contributed by atoms with E-state index in [1.807, 2.05) is 0 Å². The molecule has 0 aliphatic heterocycles. The molecule has 0 spiro atoms. The number of anilines is 1. The van der Waals surface area contributed by atoms with Crippen molar-refractivity contribution >= 4 is 27.5 Å². The van der Waals surface area contributed by atoms with Crippen LogP contribution in [0, 0.1) is 12.7 Å². The van der Waals surface area contributed by atoms with E-state index in [4.69, 9.17) is 9.47 Å². The number of rotatable bonds is 6. The molecule has 0 saturated carbocycles. The van der Waals surface area contributed by atoms with Gasteiger partial charge in [-0.15, -0.1) is 13.2 Å². The van der Waals surface area contributed by atoms with Gasteiger partial charge >= 0.3 is 12.5 Å². The van der Waals surface area contributed by atoms with E-state index in [1.165, 1.54) is 19.2 Å². The Bertz CT molecular complexity index is 1300. The molecule has 3 aromatic rings. The van der Waals surface area contributed by atoms with Gasteiger partial charge in [-0.05, 0) is 46.6 Å². The third kappa shape index (κ3) is 6.33. The van der Waals surface area contributed by atoms with Crippen LogP contribution >= 0.6 is 15.9 Å². The molecule has 1 amide bonds. The van der Waals surface area contributed by atoms with Crippen LogP contribution in [0.15, 0.2) is 41.3 Å². The Kier molecular flexibility index (Phi) is 7.62. The van der Waals surface area contributed by atoms with Crippen molar-refractivity contribution in [1.82, 2.24) is 9.97 Å². The molecule has 0 aliphatic carbocycles. The highest BCUT2D eigenvalue weighted by atomic mass is 79.9. The molecule has 2 aromatic heterocycles.